The van der Waals surface area contributed by atoms with E-state index in [2.05, 4.69) is 4.98 Å². The lowest BCUT2D eigenvalue weighted by Gasteiger charge is -2.08. The van der Waals surface area contributed by atoms with Crippen molar-refractivity contribution in [2.45, 2.75) is 18.8 Å². The molecular formula is C14H11F2NO4S. The van der Waals surface area contributed by atoms with Crippen molar-refractivity contribution in [3.05, 3.63) is 41.0 Å². The Hall–Kier alpha value is -2.35. The van der Waals surface area contributed by atoms with Gasteiger partial charge in [0.2, 0.25) is 0 Å². The predicted molar refractivity (Wildman–Crippen MR) is 74.7 cm³/mol. The molecule has 0 aliphatic heterocycles. The van der Waals surface area contributed by atoms with Gasteiger partial charge >= 0.3 is 11.9 Å². The van der Waals surface area contributed by atoms with Gasteiger partial charge in [-0.3, -0.25) is 9.59 Å². The lowest BCUT2D eigenvalue weighted by atomic mass is 10.0. The second-order valence-electron chi connectivity index (χ2n) is 4.58. The van der Waals surface area contributed by atoms with Gasteiger partial charge in [0.25, 0.3) is 0 Å². The number of aliphatic carboxylic acids is 2. The van der Waals surface area contributed by atoms with Crippen LogP contribution in [0.1, 0.15) is 23.8 Å². The predicted octanol–water partition coefficient (Wildman–Crippen LogP) is 3.12. The SMILES string of the molecule is O=C(O)CC(CC(=O)O)c1ncc(-c2ccc(F)c(F)c2)s1. The van der Waals surface area contributed by atoms with Crippen LogP contribution in [0.5, 0.6) is 0 Å². The molecule has 0 saturated heterocycles. The van der Waals surface area contributed by atoms with Gasteiger partial charge in [0.05, 0.1) is 22.7 Å². The maximum atomic E-state index is 13.2. The van der Waals surface area contributed by atoms with Gasteiger partial charge in [-0.25, -0.2) is 13.8 Å². The van der Waals surface area contributed by atoms with E-state index in [0.29, 0.717) is 15.4 Å². The van der Waals surface area contributed by atoms with Gasteiger partial charge < -0.3 is 10.2 Å². The molecule has 22 heavy (non-hydrogen) atoms. The maximum absolute atomic E-state index is 13.2. The van der Waals surface area contributed by atoms with E-state index < -0.39 is 29.5 Å². The topological polar surface area (TPSA) is 87.5 Å². The molecule has 0 spiro atoms. The number of carbonyl (C=O) groups is 2. The molecule has 5 nitrogen and oxygen atoms in total. The summed E-state index contributed by atoms with van der Waals surface area (Å²) in [6.07, 6.45) is 0.664. The molecule has 0 unspecified atom stereocenters. The Kier molecular flexibility index (Phi) is 4.81. The molecule has 0 aliphatic rings. The van der Waals surface area contributed by atoms with Crippen molar-refractivity contribution in [1.29, 1.82) is 0 Å². The summed E-state index contributed by atoms with van der Waals surface area (Å²) in [6.45, 7) is 0. The fraction of sp³-hybridized carbons (Fsp3) is 0.214. The van der Waals surface area contributed by atoms with Crippen molar-refractivity contribution in [3.8, 4) is 10.4 Å². The summed E-state index contributed by atoms with van der Waals surface area (Å²) in [7, 11) is 0. The summed E-state index contributed by atoms with van der Waals surface area (Å²) in [5.41, 5.74) is 0.395. The van der Waals surface area contributed by atoms with E-state index >= 15 is 0 Å². The van der Waals surface area contributed by atoms with E-state index in [1.165, 1.54) is 12.3 Å². The van der Waals surface area contributed by atoms with Crippen LogP contribution in [-0.2, 0) is 9.59 Å². The molecule has 2 N–H and O–H groups in total. The third-order valence-electron chi connectivity index (χ3n) is 2.92. The first-order valence-electron chi connectivity index (χ1n) is 6.21. The molecule has 0 bridgehead atoms. The number of hydrogen-bond donors (Lipinski definition) is 2. The number of thiazole rings is 1. The molecule has 116 valence electrons. The largest absolute Gasteiger partial charge is 0.481 e. The number of benzene rings is 1. The lowest BCUT2D eigenvalue weighted by molar-refractivity contribution is -0.139. The summed E-state index contributed by atoms with van der Waals surface area (Å²) in [4.78, 5) is 26.2. The number of aromatic nitrogens is 1. The monoisotopic (exact) mass is 327 g/mol. The van der Waals surface area contributed by atoms with Crippen LogP contribution in [-0.4, -0.2) is 27.1 Å². The summed E-state index contributed by atoms with van der Waals surface area (Å²) in [5, 5.41) is 18.0. The number of carboxylic acid groups (broad SMARTS) is 2. The molecule has 0 aliphatic carbocycles. The molecule has 0 fully saturated rings. The molecule has 1 aromatic carbocycles. The smallest absolute Gasteiger partial charge is 0.304 e. The third-order valence-corrected chi connectivity index (χ3v) is 4.13. The molecule has 0 saturated carbocycles. The van der Waals surface area contributed by atoms with Crippen molar-refractivity contribution < 1.29 is 28.6 Å². The van der Waals surface area contributed by atoms with Gasteiger partial charge in [0.15, 0.2) is 11.6 Å². The first kappa shape index (κ1) is 16.0. The quantitative estimate of drug-likeness (QED) is 0.851. The van der Waals surface area contributed by atoms with Gasteiger partial charge in [-0.05, 0) is 17.7 Å². The highest BCUT2D eigenvalue weighted by Gasteiger charge is 2.22. The van der Waals surface area contributed by atoms with Crippen LogP contribution >= 0.6 is 11.3 Å². The summed E-state index contributed by atoms with van der Waals surface area (Å²) in [6, 6.07) is 3.37. The van der Waals surface area contributed by atoms with Crippen LogP contribution in [0.4, 0.5) is 8.78 Å². The van der Waals surface area contributed by atoms with Crippen molar-refractivity contribution in [2.24, 2.45) is 0 Å². The second kappa shape index (κ2) is 6.61. The van der Waals surface area contributed by atoms with Crippen LogP contribution in [0.25, 0.3) is 10.4 Å². The summed E-state index contributed by atoms with van der Waals surface area (Å²) < 4.78 is 26.1. The average Bonchev–Trinajstić information content (AvgIpc) is 2.89. The van der Waals surface area contributed by atoms with E-state index in [1.807, 2.05) is 0 Å². The maximum Gasteiger partial charge on any atom is 0.304 e. The summed E-state index contributed by atoms with van der Waals surface area (Å²) in [5.74, 6) is -4.99. The second-order valence-corrected chi connectivity index (χ2v) is 5.65. The Morgan fingerprint density at radius 3 is 2.32 bits per heavy atom. The molecule has 1 heterocycles. The van der Waals surface area contributed by atoms with E-state index in [4.69, 9.17) is 10.2 Å². The van der Waals surface area contributed by atoms with Gasteiger partial charge in [-0.1, -0.05) is 6.07 Å². The first-order valence-corrected chi connectivity index (χ1v) is 7.03. The van der Waals surface area contributed by atoms with Crippen LogP contribution < -0.4 is 0 Å². The van der Waals surface area contributed by atoms with Gasteiger partial charge in [0, 0.05) is 12.1 Å². The number of halogens is 2. The third kappa shape index (κ3) is 3.85. The van der Waals surface area contributed by atoms with Crippen molar-refractivity contribution >= 4 is 23.3 Å². The number of carboxylic acids is 2. The minimum Gasteiger partial charge on any atom is -0.481 e. The Morgan fingerprint density at radius 2 is 1.77 bits per heavy atom. The fourth-order valence-corrected chi connectivity index (χ4v) is 2.94. The molecule has 0 radical (unpaired) electrons. The van der Waals surface area contributed by atoms with Crippen LogP contribution in [0, 0.1) is 11.6 Å². The number of hydrogen-bond acceptors (Lipinski definition) is 4. The number of rotatable bonds is 6. The van der Waals surface area contributed by atoms with E-state index in [1.54, 1.807) is 0 Å². The van der Waals surface area contributed by atoms with Crippen molar-refractivity contribution in [1.82, 2.24) is 4.98 Å². The standard InChI is InChI=1S/C14H11F2NO4S/c15-9-2-1-7(3-10(9)16)11-6-17-14(22-11)8(4-12(18)19)5-13(20)21/h1-3,6,8H,4-5H2,(H,18,19)(H,20,21). The van der Waals surface area contributed by atoms with Gasteiger partial charge in [-0.15, -0.1) is 11.3 Å². The summed E-state index contributed by atoms with van der Waals surface area (Å²) >= 11 is 1.07. The van der Waals surface area contributed by atoms with E-state index in [-0.39, 0.29) is 12.8 Å². The zero-order valence-electron chi connectivity index (χ0n) is 11.1. The molecule has 1 aromatic heterocycles. The Bertz CT molecular complexity index is 701. The van der Waals surface area contributed by atoms with Gasteiger partial charge in [0.1, 0.15) is 0 Å². The van der Waals surface area contributed by atoms with Crippen molar-refractivity contribution in [2.75, 3.05) is 0 Å². The van der Waals surface area contributed by atoms with Gasteiger partial charge in [-0.2, -0.15) is 0 Å². The normalized spacial score (nSPS) is 10.9. The Labute approximate surface area is 127 Å². The average molecular weight is 327 g/mol. The van der Waals surface area contributed by atoms with E-state index in [0.717, 1.165) is 23.5 Å². The zero-order chi connectivity index (χ0) is 16.3. The Balaban J connectivity index is 2.29. The highest BCUT2D eigenvalue weighted by atomic mass is 32.1. The zero-order valence-corrected chi connectivity index (χ0v) is 11.9. The van der Waals surface area contributed by atoms with E-state index in [9.17, 15) is 18.4 Å². The van der Waals surface area contributed by atoms with Crippen molar-refractivity contribution in [3.63, 3.8) is 0 Å². The molecular weight excluding hydrogens is 316 g/mol. The molecule has 8 heteroatoms. The molecule has 2 rings (SSSR count). The van der Waals surface area contributed by atoms with Crippen LogP contribution in [0.3, 0.4) is 0 Å². The van der Waals surface area contributed by atoms with Crippen LogP contribution in [0.2, 0.25) is 0 Å². The minimum atomic E-state index is -1.13. The highest BCUT2D eigenvalue weighted by molar-refractivity contribution is 7.15. The minimum absolute atomic E-state index is 0.338. The molecule has 2 aromatic rings. The van der Waals surface area contributed by atoms with Crippen LogP contribution in [0.15, 0.2) is 24.4 Å². The highest BCUT2D eigenvalue weighted by Crippen LogP contribution is 2.33. The Morgan fingerprint density at radius 1 is 1.14 bits per heavy atom. The molecule has 0 atom stereocenters. The fourth-order valence-electron chi connectivity index (χ4n) is 1.93. The number of nitrogens with zero attached hydrogens (tertiary/aromatic N) is 1. The first-order chi connectivity index (χ1) is 10.4. The lowest BCUT2D eigenvalue weighted by Crippen LogP contribution is -2.10. The molecule has 0 amide bonds.